The third-order valence-electron chi connectivity index (χ3n) is 1.73. The van der Waals surface area contributed by atoms with Gasteiger partial charge in [0, 0.05) is 0 Å². The number of hydrogen-bond acceptors (Lipinski definition) is 3. The number of hydrogen-bond donors (Lipinski definition) is 1. The van der Waals surface area contributed by atoms with Crippen molar-refractivity contribution in [1.29, 1.82) is 0 Å². The normalized spacial score (nSPS) is 9.69. The molecule has 70 valence electrons. The lowest BCUT2D eigenvalue weighted by atomic mass is 10.1. The topological polar surface area (TPSA) is 46.5 Å². The molecular formula is C10H12O3. The molecule has 0 unspecified atom stereocenters. The molecule has 0 aromatic heterocycles. The van der Waals surface area contributed by atoms with Crippen LogP contribution >= 0.6 is 0 Å². The van der Waals surface area contributed by atoms with E-state index in [0.29, 0.717) is 12.2 Å². The monoisotopic (exact) mass is 180 g/mol. The molecule has 0 bridgehead atoms. The molecule has 0 aliphatic rings. The molecule has 0 amide bonds. The Morgan fingerprint density at radius 3 is 2.85 bits per heavy atom. The van der Waals surface area contributed by atoms with Crippen molar-refractivity contribution in [3.63, 3.8) is 0 Å². The number of para-hydroxylation sites is 1. The maximum atomic E-state index is 11.2. The van der Waals surface area contributed by atoms with Gasteiger partial charge in [-0.3, -0.25) is 0 Å². The zero-order valence-electron chi connectivity index (χ0n) is 7.70. The van der Waals surface area contributed by atoms with E-state index in [2.05, 4.69) is 0 Å². The van der Waals surface area contributed by atoms with Crippen LogP contribution in [0.5, 0.6) is 5.75 Å². The SMILES string of the molecule is CCOC(=O)c1cccc(C)c1O. The van der Waals surface area contributed by atoms with Crippen molar-refractivity contribution in [2.75, 3.05) is 6.61 Å². The molecule has 0 spiro atoms. The first-order chi connectivity index (χ1) is 6.16. The summed E-state index contributed by atoms with van der Waals surface area (Å²) in [5.41, 5.74) is 0.896. The van der Waals surface area contributed by atoms with Crippen LogP contribution in [0.4, 0.5) is 0 Å². The fourth-order valence-corrected chi connectivity index (χ4v) is 1.03. The highest BCUT2D eigenvalue weighted by atomic mass is 16.5. The van der Waals surface area contributed by atoms with Gasteiger partial charge in [-0.1, -0.05) is 12.1 Å². The third kappa shape index (κ3) is 1.99. The Bertz CT molecular complexity index is 318. The summed E-state index contributed by atoms with van der Waals surface area (Å²) in [4.78, 5) is 11.2. The average Bonchev–Trinajstić information content (AvgIpc) is 2.10. The molecule has 3 heteroatoms. The van der Waals surface area contributed by atoms with Crippen molar-refractivity contribution in [3.8, 4) is 5.75 Å². The maximum absolute atomic E-state index is 11.2. The minimum atomic E-state index is -0.483. The molecule has 0 radical (unpaired) electrons. The highest BCUT2D eigenvalue weighted by Crippen LogP contribution is 2.21. The number of rotatable bonds is 2. The van der Waals surface area contributed by atoms with Gasteiger partial charge in [0.1, 0.15) is 11.3 Å². The molecule has 3 nitrogen and oxygen atoms in total. The van der Waals surface area contributed by atoms with Gasteiger partial charge >= 0.3 is 5.97 Å². The summed E-state index contributed by atoms with van der Waals surface area (Å²) >= 11 is 0. The molecule has 1 aromatic rings. The number of aryl methyl sites for hydroxylation is 1. The van der Waals surface area contributed by atoms with E-state index in [-0.39, 0.29) is 11.3 Å². The molecule has 0 heterocycles. The number of benzene rings is 1. The molecule has 0 aliphatic carbocycles. The van der Waals surface area contributed by atoms with Crippen LogP contribution in [0.1, 0.15) is 22.8 Å². The Morgan fingerprint density at radius 1 is 1.54 bits per heavy atom. The predicted octanol–water partition coefficient (Wildman–Crippen LogP) is 1.88. The van der Waals surface area contributed by atoms with Crippen LogP contribution in [0.3, 0.4) is 0 Å². The highest BCUT2D eigenvalue weighted by Gasteiger charge is 2.12. The second-order valence-corrected chi connectivity index (χ2v) is 2.69. The van der Waals surface area contributed by atoms with Crippen LogP contribution in [-0.4, -0.2) is 17.7 Å². The van der Waals surface area contributed by atoms with Crippen LogP contribution in [0, 0.1) is 6.92 Å². The fourth-order valence-electron chi connectivity index (χ4n) is 1.03. The Labute approximate surface area is 77.0 Å². The van der Waals surface area contributed by atoms with Crippen LogP contribution in [0.25, 0.3) is 0 Å². The third-order valence-corrected chi connectivity index (χ3v) is 1.73. The van der Waals surface area contributed by atoms with Gasteiger partial charge in [-0.2, -0.15) is 0 Å². The zero-order chi connectivity index (χ0) is 9.84. The number of phenolic OH excluding ortho intramolecular Hbond substituents is 1. The average molecular weight is 180 g/mol. The molecule has 1 rings (SSSR count). The lowest BCUT2D eigenvalue weighted by Crippen LogP contribution is -2.05. The minimum absolute atomic E-state index is 0.000880. The summed E-state index contributed by atoms with van der Waals surface area (Å²) in [7, 11) is 0. The van der Waals surface area contributed by atoms with Crippen molar-refractivity contribution in [1.82, 2.24) is 0 Å². The van der Waals surface area contributed by atoms with E-state index in [1.807, 2.05) is 0 Å². The minimum Gasteiger partial charge on any atom is -0.507 e. The number of carbonyl (C=O) groups excluding carboxylic acids is 1. The summed E-state index contributed by atoms with van der Waals surface area (Å²) in [5.74, 6) is -0.482. The number of ether oxygens (including phenoxy) is 1. The van der Waals surface area contributed by atoms with Gasteiger partial charge in [0.2, 0.25) is 0 Å². The van der Waals surface area contributed by atoms with Gasteiger partial charge in [0.05, 0.1) is 6.61 Å². The van der Waals surface area contributed by atoms with Crippen molar-refractivity contribution in [2.24, 2.45) is 0 Å². The van der Waals surface area contributed by atoms with Crippen molar-refractivity contribution >= 4 is 5.97 Å². The summed E-state index contributed by atoms with van der Waals surface area (Å²) in [5, 5.41) is 9.49. The van der Waals surface area contributed by atoms with Crippen LogP contribution in [-0.2, 0) is 4.74 Å². The Balaban J connectivity index is 3.01. The van der Waals surface area contributed by atoms with E-state index in [9.17, 15) is 9.90 Å². The maximum Gasteiger partial charge on any atom is 0.341 e. The van der Waals surface area contributed by atoms with E-state index in [1.54, 1.807) is 32.0 Å². The molecule has 0 atom stereocenters. The molecule has 13 heavy (non-hydrogen) atoms. The van der Waals surface area contributed by atoms with Gasteiger partial charge in [-0.15, -0.1) is 0 Å². The second kappa shape index (κ2) is 3.94. The molecule has 1 aromatic carbocycles. The second-order valence-electron chi connectivity index (χ2n) is 2.69. The molecule has 0 aliphatic heterocycles. The van der Waals surface area contributed by atoms with Crippen molar-refractivity contribution < 1.29 is 14.6 Å². The van der Waals surface area contributed by atoms with Gasteiger partial charge in [-0.25, -0.2) is 4.79 Å². The first-order valence-electron chi connectivity index (χ1n) is 4.12. The van der Waals surface area contributed by atoms with Gasteiger partial charge in [-0.05, 0) is 25.5 Å². The summed E-state index contributed by atoms with van der Waals surface area (Å²) in [6, 6.07) is 4.99. The lowest BCUT2D eigenvalue weighted by Gasteiger charge is -2.05. The number of phenols is 1. The highest BCUT2D eigenvalue weighted by molar-refractivity contribution is 5.92. The predicted molar refractivity (Wildman–Crippen MR) is 48.8 cm³/mol. The molecule has 0 saturated heterocycles. The first kappa shape index (κ1) is 9.58. The largest absolute Gasteiger partial charge is 0.507 e. The molecule has 0 saturated carbocycles. The standard InChI is InChI=1S/C10H12O3/c1-3-13-10(12)8-6-4-5-7(2)9(8)11/h4-6,11H,3H2,1-2H3. The van der Waals surface area contributed by atoms with E-state index in [1.165, 1.54) is 0 Å². The summed E-state index contributed by atoms with van der Waals surface area (Å²) in [6.45, 7) is 3.77. The quantitative estimate of drug-likeness (QED) is 0.707. The Hall–Kier alpha value is -1.51. The van der Waals surface area contributed by atoms with E-state index in [0.717, 1.165) is 0 Å². The molecular weight excluding hydrogens is 168 g/mol. The lowest BCUT2D eigenvalue weighted by molar-refractivity contribution is 0.0523. The van der Waals surface area contributed by atoms with Gasteiger partial charge < -0.3 is 9.84 Å². The molecule has 1 N–H and O–H groups in total. The van der Waals surface area contributed by atoms with Crippen molar-refractivity contribution in [2.45, 2.75) is 13.8 Å². The molecule has 0 fully saturated rings. The number of aromatic hydroxyl groups is 1. The van der Waals surface area contributed by atoms with E-state index >= 15 is 0 Å². The Kier molecular flexibility index (Phi) is 2.90. The Morgan fingerprint density at radius 2 is 2.23 bits per heavy atom. The van der Waals surface area contributed by atoms with E-state index in [4.69, 9.17) is 4.74 Å². The number of esters is 1. The fraction of sp³-hybridized carbons (Fsp3) is 0.300. The van der Waals surface area contributed by atoms with Crippen LogP contribution in [0.2, 0.25) is 0 Å². The first-order valence-corrected chi connectivity index (χ1v) is 4.12. The van der Waals surface area contributed by atoms with Crippen LogP contribution < -0.4 is 0 Å². The smallest absolute Gasteiger partial charge is 0.341 e. The van der Waals surface area contributed by atoms with Gasteiger partial charge in [0.15, 0.2) is 0 Å². The van der Waals surface area contributed by atoms with E-state index < -0.39 is 5.97 Å². The van der Waals surface area contributed by atoms with Gasteiger partial charge in [0.25, 0.3) is 0 Å². The van der Waals surface area contributed by atoms with Crippen LogP contribution in [0.15, 0.2) is 18.2 Å². The summed E-state index contributed by atoms with van der Waals surface area (Å²) < 4.78 is 4.76. The van der Waals surface area contributed by atoms with Crippen molar-refractivity contribution in [3.05, 3.63) is 29.3 Å². The summed E-state index contributed by atoms with van der Waals surface area (Å²) in [6.07, 6.45) is 0. The zero-order valence-corrected chi connectivity index (χ0v) is 7.70. The number of carbonyl (C=O) groups is 1.